The Morgan fingerprint density at radius 1 is 0.919 bits per heavy atom. The summed E-state index contributed by atoms with van der Waals surface area (Å²) in [6.45, 7) is 2.33. The van der Waals surface area contributed by atoms with Crippen LogP contribution < -0.4 is 29.7 Å². The van der Waals surface area contributed by atoms with Crippen LogP contribution in [0.15, 0.2) is 77.5 Å². The number of hydrogen-bond donors (Lipinski definition) is 2. The van der Waals surface area contributed by atoms with Gasteiger partial charge in [0, 0.05) is 17.3 Å². The van der Waals surface area contributed by atoms with Crippen LogP contribution in [0.25, 0.3) is 0 Å². The Kier molecular flexibility index (Phi) is 7.64. The van der Waals surface area contributed by atoms with Gasteiger partial charge in [0.15, 0.2) is 0 Å². The molecule has 0 atom stereocenters. The molecule has 10 heteroatoms. The minimum atomic E-state index is -0.693. The first kappa shape index (κ1) is 25.6. The molecule has 3 aromatic rings. The van der Waals surface area contributed by atoms with Gasteiger partial charge in [-0.25, -0.2) is 4.90 Å². The number of nitrogens with one attached hydrogen (secondary N) is 2. The van der Waals surface area contributed by atoms with Crippen LogP contribution in [0.3, 0.4) is 0 Å². The van der Waals surface area contributed by atoms with Crippen molar-refractivity contribution in [1.29, 1.82) is 0 Å². The third-order valence-corrected chi connectivity index (χ3v) is 5.86. The number of para-hydroxylation sites is 2. The van der Waals surface area contributed by atoms with Gasteiger partial charge in [-0.15, -0.1) is 0 Å². The van der Waals surface area contributed by atoms with Gasteiger partial charge in [-0.1, -0.05) is 23.7 Å². The van der Waals surface area contributed by atoms with Crippen molar-refractivity contribution in [3.63, 3.8) is 0 Å². The van der Waals surface area contributed by atoms with E-state index in [1.165, 1.54) is 20.3 Å². The van der Waals surface area contributed by atoms with E-state index >= 15 is 0 Å². The summed E-state index contributed by atoms with van der Waals surface area (Å²) >= 11 is 6.25. The van der Waals surface area contributed by atoms with Crippen molar-refractivity contribution >= 4 is 46.4 Å². The average Bonchev–Trinajstić information content (AvgIpc) is 3.12. The number of imide groups is 1. The van der Waals surface area contributed by atoms with Crippen LogP contribution in [-0.4, -0.2) is 38.5 Å². The SMILES string of the molecule is CCOc1ccccc1NC(=O)c1ccc(NC2=C(Cl)C(=O)N(c3ccc(OC)cc3OC)C2=O)cc1. The van der Waals surface area contributed by atoms with E-state index in [0.717, 1.165) is 4.90 Å². The number of nitrogens with zero attached hydrogens (tertiary/aromatic N) is 1. The summed E-state index contributed by atoms with van der Waals surface area (Å²) in [5.74, 6) is -0.327. The molecule has 0 fully saturated rings. The minimum absolute atomic E-state index is 0.0904. The Bertz CT molecular complexity index is 1390. The Labute approximate surface area is 218 Å². The van der Waals surface area contributed by atoms with Crippen LogP contribution in [0.1, 0.15) is 17.3 Å². The smallest absolute Gasteiger partial charge is 0.283 e. The van der Waals surface area contributed by atoms with Crippen LogP contribution in [0, 0.1) is 0 Å². The lowest BCUT2D eigenvalue weighted by Gasteiger charge is -2.18. The molecule has 1 aliphatic heterocycles. The summed E-state index contributed by atoms with van der Waals surface area (Å²) in [6.07, 6.45) is 0. The Balaban J connectivity index is 1.50. The van der Waals surface area contributed by atoms with Gasteiger partial charge < -0.3 is 24.8 Å². The number of carbonyl (C=O) groups excluding carboxylic acids is 3. The van der Waals surface area contributed by atoms with Gasteiger partial charge in [0.2, 0.25) is 0 Å². The molecule has 2 N–H and O–H groups in total. The van der Waals surface area contributed by atoms with E-state index in [9.17, 15) is 14.4 Å². The number of halogens is 1. The summed E-state index contributed by atoms with van der Waals surface area (Å²) in [5.41, 5.74) is 1.54. The molecule has 0 bridgehead atoms. The van der Waals surface area contributed by atoms with Crippen molar-refractivity contribution in [3.8, 4) is 17.2 Å². The van der Waals surface area contributed by atoms with Gasteiger partial charge >= 0.3 is 0 Å². The molecule has 3 aromatic carbocycles. The number of methoxy groups -OCH3 is 2. The lowest BCUT2D eigenvalue weighted by atomic mass is 10.1. The highest BCUT2D eigenvalue weighted by atomic mass is 35.5. The van der Waals surface area contributed by atoms with Gasteiger partial charge in [-0.05, 0) is 55.5 Å². The molecule has 190 valence electrons. The summed E-state index contributed by atoms with van der Waals surface area (Å²) in [4.78, 5) is 39.7. The molecule has 9 nitrogen and oxygen atoms in total. The quantitative estimate of drug-likeness (QED) is 0.390. The van der Waals surface area contributed by atoms with Gasteiger partial charge in [0.05, 0.1) is 32.2 Å². The molecule has 1 heterocycles. The molecule has 37 heavy (non-hydrogen) atoms. The van der Waals surface area contributed by atoms with Gasteiger partial charge in [-0.2, -0.15) is 0 Å². The zero-order chi connectivity index (χ0) is 26.5. The van der Waals surface area contributed by atoms with Crippen molar-refractivity contribution in [2.75, 3.05) is 36.4 Å². The molecule has 0 saturated heterocycles. The van der Waals surface area contributed by atoms with E-state index in [4.69, 9.17) is 25.8 Å². The summed E-state index contributed by atoms with van der Waals surface area (Å²) < 4.78 is 16.0. The normalized spacial score (nSPS) is 13.0. The predicted molar refractivity (Wildman–Crippen MR) is 141 cm³/mol. The third kappa shape index (κ3) is 5.22. The second-order valence-electron chi connectivity index (χ2n) is 7.76. The van der Waals surface area contributed by atoms with Crippen LogP contribution in [0.5, 0.6) is 17.2 Å². The maximum absolute atomic E-state index is 13.2. The molecule has 0 unspecified atom stereocenters. The highest BCUT2D eigenvalue weighted by Crippen LogP contribution is 2.37. The van der Waals surface area contributed by atoms with Gasteiger partial charge in [-0.3, -0.25) is 14.4 Å². The Morgan fingerprint density at radius 2 is 1.65 bits per heavy atom. The van der Waals surface area contributed by atoms with Crippen molar-refractivity contribution in [2.45, 2.75) is 6.92 Å². The van der Waals surface area contributed by atoms with E-state index in [1.807, 2.05) is 13.0 Å². The standard InChI is InChI=1S/C27H24ClN3O6/c1-4-37-21-8-6-5-7-19(21)30-25(32)16-9-11-17(12-10-16)29-24-23(28)26(33)31(27(24)34)20-14-13-18(35-2)15-22(20)36-3/h5-15,29H,4H2,1-3H3,(H,30,32). The number of benzene rings is 3. The van der Waals surface area contributed by atoms with E-state index in [-0.39, 0.29) is 28.1 Å². The molecule has 4 rings (SSSR count). The number of carbonyl (C=O) groups is 3. The van der Waals surface area contributed by atoms with Gasteiger partial charge in [0.1, 0.15) is 28.0 Å². The molecule has 0 aliphatic carbocycles. The number of ether oxygens (including phenoxy) is 3. The maximum Gasteiger partial charge on any atom is 0.283 e. The topological polar surface area (TPSA) is 106 Å². The lowest BCUT2D eigenvalue weighted by Crippen LogP contribution is -2.32. The fraction of sp³-hybridized carbons (Fsp3) is 0.148. The molecule has 3 amide bonds. The lowest BCUT2D eigenvalue weighted by molar-refractivity contribution is -0.120. The molecular weight excluding hydrogens is 498 g/mol. The monoisotopic (exact) mass is 521 g/mol. The molecule has 0 radical (unpaired) electrons. The summed E-state index contributed by atoms with van der Waals surface area (Å²) in [6, 6.07) is 18.2. The minimum Gasteiger partial charge on any atom is -0.497 e. The van der Waals surface area contributed by atoms with E-state index in [0.29, 0.717) is 35.0 Å². The highest BCUT2D eigenvalue weighted by Gasteiger charge is 2.40. The molecule has 0 aromatic heterocycles. The van der Waals surface area contributed by atoms with E-state index in [2.05, 4.69) is 10.6 Å². The van der Waals surface area contributed by atoms with Crippen LogP contribution >= 0.6 is 11.6 Å². The number of anilines is 3. The number of hydrogen-bond acceptors (Lipinski definition) is 7. The average molecular weight is 522 g/mol. The van der Waals surface area contributed by atoms with Crippen molar-refractivity contribution in [3.05, 3.63) is 83.0 Å². The maximum atomic E-state index is 13.2. The third-order valence-electron chi connectivity index (χ3n) is 5.51. The zero-order valence-corrected chi connectivity index (χ0v) is 21.1. The highest BCUT2D eigenvalue weighted by molar-refractivity contribution is 6.53. The largest absolute Gasteiger partial charge is 0.497 e. The number of amides is 3. The van der Waals surface area contributed by atoms with E-state index < -0.39 is 11.8 Å². The molecule has 1 aliphatic rings. The summed E-state index contributed by atoms with van der Waals surface area (Å²) in [5, 5.41) is 5.45. The van der Waals surface area contributed by atoms with Gasteiger partial charge in [0.25, 0.3) is 17.7 Å². The second kappa shape index (κ2) is 11.0. The van der Waals surface area contributed by atoms with Crippen LogP contribution in [-0.2, 0) is 9.59 Å². The zero-order valence-electron chi connectivity index (χ0n) is 20.3. The predicted octanol–water partition coefficient (Wildman–Crippen LogP) is 4.79. The van der Waals surface area contributed by atoms with Crippen LogP contribution in [0.2, 0.25) is 0 Å². The molecule has 0 spiro atoms. The van der Waals surface area contributed by atoms with Crippen molar-refractivity contribution in [1.82, 2.24) is 0 Å². The fourth-order valence-corrected chi connectivity index (χ4v) is 3.91. The molecular formula is C27H24ClN3O6. The Morgan fingerprint density at radius 3 is 2.32 bits per heavy atom. The van der Waals surface area contributed by atoms with E-state index in [1.54, 1.807) is 54.6 Å². The first-order valence-electron chi connectivity index (χ1n) is 11.3. The summed E-state index contributed by atoms with van der Waals surface area (Å²) in [7, 11) is 2.92. The van der Waals surface area contributed by atoms with Crippen molar-refractivity contribution in [2.24, 2.45) is 0 Å². The fourth-order valence-electron chi connectivity index (χ4n) is 3.69. The van der Waals surface area contributed by atoms with Crippen molar-refractivity contribution < 1.29 is 28.6 Å². The number of rotatable bonds is 9. The van der Waals surface area contributed by atoms with Crippen LogP contribution in [0.4, 0.5) is 17.1 Å². The first-order chi connectivity index (χ1) is 17.9. The second-order valence-corrected chi connectivity index (χ2v) is 8.14. The first-order valence-corrected chi connectivity index (χ1v) is 11.7. The molecule has 0 saturated carbocycles. The Hall–Kier alpha value is -4.50.